The second-order valence-electron chi connectivity index (χ2n) is 8.46. The third kappa shape index (κ3) is 13.2. The van der Waals surface area contributed by atoms with E-state index in [2.05, 4.69) is 12.2 Å². The Kier molecular flexibility index (Phi) is 12.8. The predicted octanol–water partition coefficient (Wildman–Crippen LogP) is 5.39. The molecule has 170 valence electrons. The zero-order chi connectivity index (χ0) is 22.2. The molecule has 30 heavy (non-hydrogen) atoms. The van der Waals surface area contributed by atoms with Gasteiger partial charge in [-0.05, 0) is 32.8 Å². The maximum atomic E-state index is 12.5. The first-order chi connectivity index (χ1) is 14.3. The smallest absolute Gasteiger partial charge is 0.408 e. The lowest BCUT2D eigenvalue weighted by Gasteiger charge is -2.23. The van der Waals surface area contributed by atoms with Crippen molar-refractivity contribution in [3.8, 4) is 0 Å². The van der Waals surface area contributed by atoms with Gasteiger partial charge in [-0.3, -0.25) is 0 Å². The van der Waals surface area contributed by atoms with Crippen LogP contribution in [0.1, 0.15) is 78.2 Å². The largest absolute Gasteiger partial charge is 0.459 e. The number of benzene rings is 1. The fourth-order valence-corrected chi connectivity index (χ4v) is 2.82. The minimum absolute atomic E-state index is 0.158. The second kappa shape index (κ2) is 14.8. The van der Waals surface area contributed by atoms with Gasteiger partial charge >= 0.3 is 12.1 Å². The molecule has 0 saturated carbocycles. The number of ether oxygens (including phenoxy) is 3. The molecule has 0 bridgehead atoms. The van der Waals surface area contributed by atoms with Crippen molar-refractivity contribution >= 4 is 12.1 Å². The summed E-state index contributed by atoms with van der Waals surface area (Å²) in [5, 5.41) is 2.62. The number of carbonyl (C=O) groups excluding carboxylic acids is 2. The number of alkyl carbamates (subject to hydrolysis) is 1. The summed E-state index contributed by atoms with van der Waals surface area (Å²) in [4.78, 5) is 24.7. The Morgan fingerprint density at radius 3 is 2.30 bits per heavy atom. The van der Waals surface area contributed by atoms with Gasteiger partial charge in [0.05, 0.1) is 0 Å². The van der Waals surface area contributed by atoms with Crippen LogP contribution in [0.5, 0.6) is 0 Å². The molecule has 1 amide bonds. The van der Waals surface area contributed by atoms with Crippen LogP contribution < -0.4 is 5.32 Å². The average molecular weight is 422 g/mol. The molecular weight excluding hydrogens is 382 g/mol. The number of carbonyl (C=O) groups is 2. The highest BCUT2D eigenvalue weighted by atomic mass is 16.6. The monoisotopic (exact) mass is 421 g/mol. The standard InChI is InChI=1S/C24H39NO5/c1-5-6-7-8-9-13-17-28-18-16-21(25-23(27)30-24(2,3)4)22(26)29-19-20-14-11-10-12-15-20/h10-12,14-15,21H,5-9,13,16-19H2,1-4H3,(H,25,27)/t21-/m0/s1. The quantitative estimate of drug-likeness (QED) is 0.322. The first kappa shape index (κ1) is 26.0. The highest BCUT2D eigenvalue weighted by Gasteiger charge is 2.25. The van der Waals surface area contributed by atoms with Gasteiger partial charge in [-0.15, -0.1) is 0 Å². The van der Waals surface area contributed by atoms with Crippen molar-refractivity contribution in [2.24, 2.45) is 0 Å². The summed E-state index contributed by atoms with van der Waals surface area (Å²) in [5.41, 5.74) is 0.248. The van der Waals surface area contributed by atoms with E-state index in [4.69, 9.17) is 14.2 Å². The summed E-state index contributed by atoms with van der Waals surface area (Å²) in [5.74, 6) is -0.493. The second-order valence-corrected chi connectivity index (χ2v) is 8.46. The van der Waals surface area contributed by atoms with Gasteiger partial charge in [0.1, 0.15) is 18.2 Å². The van der Waals surface area contributed by atoms with E-state index in [1.165, 1.54) is 25.7 Å². The molecule has 1 aromatic rings. The summed E-state index contributed by atoms with van der Waals surface area (Å²) in [6.07, 6.45) is 6.87. The number of unbranched alkanes of at least 4 members (excludes halogenated alkanes) is 5. The van der Waals surface area contributed by atoms with Gasteiger partial charge in [-0.2, -0.15) is 0 Å². The van der Waals surface area contributed by atoms with E-state index >= 15 is 0 Å². The van der Waals surface area contributed by atoms with Crippen molar-refractivity contribution in [1.29, 1.82) is 0 Å². The molecule has 0 unspecified atom stereocenters. The molecule has 0 spiro atoms. The van der Waals surface area contributed by atoms with Gasteiger partial charge in [0.25, 0.3) is 0 Å². The van der Waals surface area contributed by atoms with Crippen LogP contribution >= 0.6 is 0 Å². The molecule has 0 aliphatic rings. The van der Waals surface area contributed by atoms with Crippen molar-refractivity contribution in [1.82, 2.24) is 5.32 Å². The highest BCUT2D eigenvalue weighted by Crippen LogP contribution is 2.09. The summed E-state index contributed by atoms with van der Waals surface area (Å²) >= 11 is 0. The number of nitrogens with one attached hydrogen (secondary N) is 1. The molecule has 1 N–H and O–H groups in total. The van der Waals surface area contributed by atoms with Crippen molar-refractivity contribution in [3.05, 3.63) is 35.9 Å². The van der Waals surface area contributed by atoms with Gasteiger partial charge < -0.3 is 19.5 Å². The lowest BCUT2D eigenvalue weighted by atomic mass is 10.1. The van der Waals surface area contributed by atoms with Gasteiger partial charge in [0.15, 0.2) is 0 Å². The predicted molar refractivity (Wildman–Crippen MR) is 118 cm³/mol. The molecule has 0 aliphatic carbocycles. The van der Waals surface area contributed by atoms with Crippen LogP contribution in [0, 0.1) is 0 Å². The zero-order valence-corrected chi connectivity index (χ0v) is 19.1. The van der Waals surface area contributed by atoms with Crippen LogP contribution in [0.2, 0.25) is 0 Å². The molecule has 1 atom stereocenters. The minimum Gasteiger partial charge on any atom is -0.459 e. The Morgan fingerprint density at radius 1 is 0.967 bits per heavy atom. The van der Waals surface area contributed by atoms with Crippen LogP contribution in [0.15, 0.2) is 30.3 Å². The Labute approximate surface area is 181 Å². The SMILES string of the molecule is CCCCCCCCOCC[C@H](NC(=O)OC(C)(C)C)C(=O)OCc1ccccc1. The number of amides is 1. The van der Waals surface area contributed by atoms with E-state index in [0.717, 1.165) is 18.4 Å². The normalized spacial score (nSPS) is 12.3. The van der Waals surface area contributed by atoms with Crippen LogP contribution in [-0.4, -0.2) is 36.9 Å². The molecular formula is C24H39NO5. The van der Waals surface area contributed by atoms with E-state index in [1.54, 1.807) is 20.8 Å². The van der Waals surface area contributed by atoms with Gasteiger partial charge in [-0.25, -0.2) is 9.59 Å². The van der Waals surface area contributed by atoms with Gasteiger partial charge in [0.2, 0.25) is 0 Å². The van der Waals surface area contributed by atoms with Gasteiger partial charge in [-0.1, -0.05) is 69.4 Å². The number of rotatable bonds is 14. The topological polar surface area (TPSA) is 73.9 Å². The Morgan fingerprint density at radius 2 is 1.63 bits per heavy atom. The van der Waals surface area contributed by atoms with Crippen LogP contribution in [0.25, 0.3) is 0 Å². The molecule has 1 aromatic carbocycles. The average Bonchev–Trinajstić information content (AvgIpc) is 2.69. The molecule has 0 heterocycles. The number of hydrogen-bond donors (Lipinski definition) is 1. The van der Waals surface area contributed by atoms with E-state index < -0.39 is 23.7 Å². The van der Waals surface area contributed by atoms with E-state index in [-0.39, 0.29) is 6.61 Å². The molecule has 0 aliphatic heterocycles. The molecule has 0 aromatic heterocycles. The van der Waals surface area contributed by atoms with E-state index in [0.29, 0.717) is 19.6 Å². The lowest BCUT2D eigenvalue weighted by Crippen LogP contribution is -2.44. The molecule has 1 rings (SSSR count). The highest BCUT2D eigenvalue weighted by molar-refractivity contribution is 5.81. The molecule has 0 saturated heterocycles. The summed E-state index contributed by atoms with van der Waals surface area (Å²) in [6, 6.07) is 8.62. The van der Waals surface area contributed by atoms with Crippen LogP contribution in [-0.2, 0) is 25.6 Å². The Hall–Kier alpha value is -2.08. The molecule has 0 radical (unpaired) electrons. The third-order valence-electron chi connectivity index (χ3n) is 4.39. The Balaban J connectivity index is 2.43. The van der Waals surface area contributed by atoms with Crippen LogP contribution in [0.4, 0.5) is 4.79 Å². The minimum atomic E-state index is -0.812. The summed E-state index contributed by atoms with van der Waals surface area (Å²) < 4.78 is 16.3. The van der Waals surface area contributed by atoms with Crippen molar-refractivity contribution < 1.29 is 23.8 Å². The zero-order valence-electron chi connectivity index (χ0n) is 19.1. The molecule has 6 heteroatoms. The maximum absolute atomic E-state index is 12.5. The first-order valence-corrected chi connectivity index (χ1v) is 11.1. The van der Waals surface area contributed by atoms with Crippen LogP contribution in [0.3, 0.4) is 0 Å². The summed E-state index contributed by atoms with van der Waals surface area (Å²) in [7, 11) is 0. The fourth-order valence-electron chi connectivity index (χ4n) is 2.82. The third-order valence-corrected chi connectivity index (χ3v) is 4.39. The number of hydrogen-bond acceptors (Lipinski definition) is 5. The number of esters is 1. The molecule has 0 fully saturated rings. The lowest BCUT2D eigenvalue weighted by molar-refractivity contribution is -0.148. The summed E-state index contributed by atoms with van der Waals surface area (Å²) in [6.45, 7) is 8.72. The maximum Gasteiger partial charge on any atom is 0.408 e. The molecule has 6 nitrogen and oxygen atoms in total. The van der Waals surface area contributed by atoms with Crippen molar-refractivity contribution in [2.45, 2.75) is 90.9 Å². The first-order valence-electron chi connectivity index (χ1n) is 11.1. The van der Waals surface area contributed by atoms with E-state index in [9.17, 15) is 9.59 Å². The van der Waals surface area contributed by atoms with Crippen molar-refractivity contribution in [3.63, 3.8) is 0 Å². The Bertz CT molecular complexity index is 597. The van der Waals surface area contributed by atoms with E-state index in [1.807, 2.05) is 30.3 Å². The fraction of sp³-hybridized carbons (Fsp3) is 0.667. The van der Waals surface area contributed by atoms with Gasteiger partial charge in [0, 0.05) is 19.6 Å². The van der Waals surface area contributed by atoms with Crippen molar-refractivity contribution in [2.75, 3.05) is 13.2 Å².